The van der Waals surface area contributed by atoms with Crippen LogP contribution >= 0.6 is 45.3 Å². The van der Waals surface area contributed by atoms with Gasteiger partial charge in [-0.25, -0.2) is 9.97 Å². The molecule has 0 aliphatic carbocycles. The van der Waals surface area contributed by atoms with Crippen molar-refractivity contribution in [3.8, 4) is 67.0 Å². The minimum Gasteiger partial charge on any atom is -0.251 e. The summed E-state index contributed by atoms with van der Waals surface area (Å²) in [5, 5.41) is 15.0. The summed E-state index contributed by atoms with van der Waals surface area (Å²) in [4.78, 5) is 22.2. The van der Waals surface area contributed by atoms with E-state index in [-0.39, 0.29) is 0 Å². The maximum atomic E-state index is 5.20. The lowest BCUT2D eigenvalue weighted by Crippen LogP contribution is -1.89. The van der Waals surface area contributed by atoms with Crippen LogP contribution in [0.25, 0.3) is 181 Å². The highest BCUT2D eigenvalue weighted by Crippen LogP contribution is 2.45. The van der Waals surface area contributed by atoms with Crippen molar-refractivity contribution in [2.75, 3.05) is 0 Å². The molecule has 0 amide bonds. The van der Waals surface area contributed by atoms with Crippen LogP contribution in [0, 0.1) is 0 Å². The van der Waals surface area contributed by atoms with Crippen molar-refractivity contribution in [1.82, 2.24) is 19.9 Å². The van der Waals surface area contributed by atoms with E-state index in [0.29, 0.717) is 0 Å². The van der Waals surface area contributed by atoms with Crippen LogP contribution in [-0.2, 0) is 0 Å². The van der Waals surface area contributed by atoms with E-state index in [9.17, 15) is 0 Å². The van der Waals surface area contributed by atoms with E-state index < -0.39 is 0 Å². The lowest BCUT2D eigenvalue weighted by molar-refractivity contribution is 1.32. The molecule has 4 nitrogen and oxygen atoms in total. The van der Waals surface area contributed by atoms with Crippen LogP contribution in [0.15, 0.2) is 279 Å². The number of rotatable bonds is 6. The van der Waals surface area contributed by atoms with Crippen LogP contribution in [-0.4, -0.2) is 19.9 Å². The Hall–Kier alpha value is -10.3. The zero-order chi connectivity index (χ0) is 57.8. The average molecular weight is 1190 g/mol. The molecule has 0 aliphatic heterocycles. The first-order valence-corrected chi connectivity index (χ1v) is 32.6. The summed E-state index contributed by atoms with van der Waals surface area (Å²) in [6.45, 7) is 0. The Morgan fingerprint density at radius 3 is 1.28 bits per heavy atom. The normalized spacial score (nSPS) is 11.9. The Kier molecular flexibility index (Phi) is 12.0. The molecule has 410 valence electrons. The summed E-state index contributed by atoms with van der Waals surface area (Å²) in [5.74, 6) is 0. The van der Waals surface area contributed by atoms with Gasteiger partial charge in [-0.05, 0) is 137 Å². The van der Waals surface area contributed by atoms with Crippen molar-refractivity contribution >= 4 is 159 Å². The molecular formula is C80H46N4S4. The Morgan fingerprint density at radius 2 is 0.670 bits per heavy atom. The fourth-order valence-electron chi connectivity index (χ4n) is 13.0. The highest BCUT2D eigenvalue weighted by molar-refractivity contribution is 7.27. The highest BCUT2D eigenvalue weighted by Gasteiger charge is 2.18. The SMILES string of the molecule is c1cc(-c2ccc3sc4nc(-c5cc6ccccc6c6ccccc56)cnc4c3c2)cc(-c2cccc3c2sc2ccccc23)c1.c1cc(-c2ccc3sc4nc(-c5ccc6ccccc6c5)cnc4c3c2)cc(-c2cccc3c2sc2ccccc23)c1. The average Bonchev–Trinajstić information content (AvgIpc) is 2.08. The summed E-state index contributed by atoms with van der Waals surface area (Å²) in [6, 6.07) is 96.4. The molecule has 0 aliphatic rings. The number of benzene rings is 13. The smallest absolute Gasteiger partial charge is 0.143 e. The van der Waals surface area contributed by atoms with Crippen molar-refractivity contribution in [2.24, 2.45) is 0 Å². The predicted octanol–water partition coefficient (Wildman–Crippen LogP) is 23.9. The van der Waals surface area contributed by atoms with Gasteiger partial charge in [0.1, 0.15) is 20.7 Å². The second kappa shape index (κ2) is 20.7. The number of aromatic nitrogens is 4. The maximum Gasteiger partial charge on any atom is 0.143 e. The molecule has 0 N–H and O–H groups in total. The van der Waals surface area contributed by atoms with Crippen molar-refractivity contribution < 1.29 is 0 Å². The molecule has 19 rings (SSSR count). The number of hydrogen-bond donors (Lipinski definition) is 0. The summed E-state index contributed by atoms with van der Waals surface area (Å²) in [6.07, 6.45) is 3.86. The first-order chi connectivity index (χ1) is 43.6. The number of thiophene rings is 4. The fraction of sp³-hybridized carbons (Fsp3) is 0. The number of nitrogens with zero attached hydrogens (tertiary/aromatic N) is 4. The third kappa shape index (κ3) is 8.59. The van der Waals surface area contributed by atoms with Crippen LogP contribution in [0.2, 0.25) is 0 Å². The molecule has 0 saturated heterocycles. The van der Waals surface area contributed by atoms with Gasteiger partial charge in [0.15, 0.2) is 0 Å². The van der Waals surface area contributed by atoms with Crippen LogP contribution in [0.3, 0.4) is 0 Å². The van der Waals surface area contributed by atoms with Gasteiger partial charge in [-0.1, -0.05) is 206 Å². The molecule has 13 aromatic carbocycles. The standard InChI is InChI=1S/C42H24N2S2.C38H22N2S2/c1-2-12-29-28(9-1)23-35(32-14-4-3-13-31(29)32)37-24-43-40-36-22-26(19-20-39(36)46-42(40)44-37)25-10-7-11-27(21-25)30-16-8-17-34-33-15-5-6-18-38(33)45-41(30)34;1-2-8-24-20-28(16-15-23(24)7-1)33-22-39-36-32-21-26(17-18-35(32)42-38(36)40-33)25-9-5-10-27(19-25)29-12-6-13-31-30-11-3-4-14-34(30)41-37(29)31/h1-24H;1-22H. The van der Waals surface area contributed by atoms with E-state index in [1.54, 1.807) is 22.7 Å². The second-order valence-corrected chi connectivity index (χ2v) is 26.6. The van der Waals surface area contributed by atoms with E-state index in [1.807, 2.05) is 35.1 Å². The topological polar surface area (TPSA) is 51.6 Å². The molecule has 0 unspecified atom stereocenters. The van der Waals surface area contributed by atoms with E-state index >= 15 is 0 Å². The van der Waals surface area contributed by atoms with Gasteiger partial charge in [0.25, 0.3) is 0 Å². The van der Waals surface area contributed by atoms with Gasteiger partial charge in [0.05, 0.1) is 23.8 Å². The van der Waals surface area contributed by atoms with Crippen molar-refractivity contribution in [2.45, 2.75) is 0 Å². The molecule has 19 aromatic rings. The van der Waals surface area contributed by atoms with E-state index in [2.05, 4.69) is 267 Å². The Balaban J connectivity index is 0.000000132. The van der Waals surface area contributed by atoms with E-state index in [1.165, 1.54) is 127 Å². The third-order valence-corrected chi connectivity index (χ3v) is 21.8. The molecule has 0 saturated carbocycles. The van der Waals surface area contributed by atoms with Gasteiger partial charge in [-0.2, -0.15) is 0 Å². The minimum absolute atomic E-state index is 0.906. The van der Waals surface area contributed by atoms with Gasteiger partial charge in [-0.3, -0.25) is 9.97 Å². The van der Waals surface area contributed by atoms with Crippen LogP contribution in [0.4, 0.5) is 0 Å². The van der Waals surface area contributed by atoms with Crippen LogP contribution < -0.4 is 0 Å². The molecule has 0 radical (unpaired) electrons. The molecule has 88 heavy (non-hydrogen) atoms. The molecule has 8 heteroatoms. The lowest BCUT2D eigenvalue weighted by atomic mass is 9.96. The Morgan fingerprint density at radius 1 is 0.227 bits per heavy atom. The summed E-state index contributed by atoms with van der Waals surface area (Å²) < 4.78 is 7.74. The number of hydrogen-bond acceptors (Lipinski definition) is 8. The molecule has 0 fully saturated rings. The first-order valence-electron chi connectivity index (χ1n) is 29.4. The highest BCUT2D eigenvalue weighted by atomic mass is 32.1. The Bertz CT molecular complexity index is 6050. The van der Waals surface area contributed by atoms with Crippen LogP contribution in [0.5, 0.6) is 0 Å². The molecule has 0 atom stereocenters. The monoisotopic (exact) mass is 1190 g/mol. The van der Waals surface area contributed by atoms with Crippen molar-refractivity contribution in [3.05, 3.63) is 279 Å². The van der Waals surface area contributed by atoms with Gasteiger partial charge in [-0.15, -0.1) is 45.3 Å². The molecule has 0 spiro atoms. The largest absolute Gasteiger partial charge is 0.251 e. The van der Waals surface area contributed by atoms with E-state index in [0.717, 1.165) is 54.0 Å². The van der Waals surface area contributed by atoms with Gasteiger partial charge in [0.2, 0.25) is 0 Å². The van der Waals surface area contributed by atoms with Gasteiger partial charge >= 0.3 is 0 Å². The predicted molar refractivity (Wildman–Crippen MR) is 381 cm³/mol. The van der Waals surface area contributed by atoms with E-state index in [4.69, 9.17) is 19.9 Å². The van der Waals surface area contributed by atoms with Gasteiger partial charge < -0.3 is 0 Å². The first kappa shape index (κ1) is 51.0. The summed E-state index contributed by atoms with van der Waals surface area (Å²) in [5.41, 5.74) is 15.7. The molecule has 6 aromatic heterocycles. The van der Waals surface area contributed by atoms with Crippen molar-refractivity contribution in [1.29, 1.82) is 0 Å². The third-order valence-electron chi connectivity index (χ3n) is 17.3. The maximum absolute atomic E-state index is 5.20. The summed E-state index contributed by atoms with van der Waals surface area (Å²) >= 11 is 7.17. The van der Waals surface area contributed by atoms with Gasteiger partial charge in [0, 0.05) is 71.6 Å². The lowest BCUT2D eigenvalue weighted by Gasteiger charge is -2.10. The quantitative estimate of drug-likeness (QED) is 0.156. The molecule has 6 heterocycles. The minimum atomic E-state index is 0.906. The molecule has 0 bridgehead atoms. The summed E-state index contributed by atoms with van der Waals surface area (Å²) in [7, 11) is 0. The second-order valence-electron chi connectivity index (χ2n) is 22.4. The van der Waals surface area contributed by atoms with Crippen LogP contribution in [0.1, 0.15) is 0 Å². The zero-order valence-electron chi connectivity index (χ0n) is 47.0. The Labute approximate surface area is 521 Å². The fourth-order valence-corrected chi connectivity index (χ4v) is 17.5. The molecular weight excluding hydrogens is 1150 g/mol. The number of fused-ring (bicyclic) bond motifs is 16. The zero-order valence-corrected chi connectivity index (χ0v) is 50.2. The van der Waals surface area contributed by atoms with Crippen molar-refractivity contribution in [3.63, 3.8) is 0 Å².